The molecular formula is C17H22N2O3. The van der Waals surface area contributed by atoms with Crippen LogP contribution in [0.25, 0.3) is 0 Å². The maximum atomic E-state index is 12.3. The van der Waals surface area contributed by atoms with Crippen LogP contribution in [-0.4, -0.2) is 38.1 Å². The molecule has 0 aliphatic heterocycles. The van der Waals surface area contributed by atoms with Crippen molar-refractivity contribution in [3.05, 3.63) is 54.0 Å². The van der Waals surface area contributed by atoms with Gasteiger partial charge in [0.25, 0.3) is 5.91 Å². The van der Waals surface area contributed by atoms with Crippen molar-refractivity contribution < 1.29 is 13.9 Å². The molecular weight excluding hydrogens is 280 g/mol. The predicted molar refractivity (Wildman–Crippen MR) is 85.1 cm³/mol. The number of hydrogen-bond donors (Lipinski definition) is 1. The van der Waals surface area contributed by atoms with Gasteiger partial charge in [0.15, 0.2) is 0 Å². The lowest BCUT2D eigenvalue weighted by Gasteiger charge is -2.22. The summed E-state index contributed by atoms with van der Waals surface area (Å²) in [5.41, 5.74) is 0.586. The third kappa shape index (κ3) is 4.11. The van der Waals surface area contributed by atoms with Crippen LogP contribution in [0.15, 0.2) is 47.1 Å². The minimum atomic E-state index is -0.125. The SMILES string of the molecule is CCOc1cccc(C(=O)NCC(c2ccco2)N(C)C)c1. The third-order valence-corrected chi connectivity index (χ3v) is 3.36. The van der Waals surface area contributed by atoms with Crippen LogP contribution in [0.2, 0.25) is 0 Å². The molecule has 5 nitrogen and oxygen atoms in total. The van der Waals surface area contributed by atoms with Gasteiger partial charge in [0.2, 0.25) is 0 Å². The Labute approximate surface area is 130 Å². The van der Waals surface area contributed by atoms with Gasteiger partial charge in [-0.1, -0.05) is 6.07 Å². The summed E-state index contributed by atoms with van der Waals surface area (Å²) in [7, 11) is 3.91. The number of likely N-dealkylation sites (N-methyl/N-ethyl adjacent to an activating group) is 1. The van der Waals surface area contributed by atoms with Crippen LogP contribution in [-0.2, 0) is 0 Å². The van der Waals surface area contributed by atoms with E-state index in [-0.39, 0.29) is 11.9 Å². The molecule has 1 aromatic heterocycles. The lowest BCUT2D eigenvalue weighted by atomic mass is 10.1. The zero-order chi connectivity index (χ0) is 15.9. The number of nitrogens with zero attached hydrogens (tertiary/aromatic N) is 1. The summed E-state index contributed by atoms with van der Waals surface area (Å²) in [6, 6.07) is 10.9. The van der Waals surface area contributed by atoms with Crippen molar-refractivity contribution in [1.82, 2.24) is 10.2 Å². The molecule has 1 amide bonds. The Bertz CT molecular complexity index is 594. The first kappa shape index (κ1) is 16.1. The number of furan rings is 1. The first-order valence-corrected chi connectivity index (χ1v) is 7.32. The van der Waals surface area contributed by atoms with Crippen LogP contribution in [0.3, 0.4) is 0 Å². The van der Waals surface area contributed by atoms with Gasteiger partial charge in [-0.3, -0.25) is 9.69 Å². The van der Waals surface area contributed by atoms with Gasteiger partial charge in [0.05, 0.1) is 18.9 Å². The number of carbonyl (C=O) groups excluding carboxylic acids is 1. The van der Waals surface area contributed by atoms with Crippen LogP contribution in [0, 0.1) is 0 Å². The molecule has 2 rings (SSSR count). The van der Waals surface area contributed by atoms with E-state index in [0.717, 1.165) is 5.76 Å². The Balaban J connectivity index is 2.00. The molecule has 22 heavy (non-hydrogen) atoms. The van der Waals surface area contributed by atoms with Crippen LogP contribution < -0.4 is 10.1 Å². The van der Waals surface area contributed by atoms with E-state index in [1.807, 2.05) is 50.2 Å². The summed E-state index contributed by atoms with van der Waals surface area (Å²) < 4.78 is 10.8. The van der Waals surface area contributed by atoms with Gasteiger partial charge in [0.1, 0.15) is 11.5 Å². The summed E-state index contributed by atoms with van der Waals surface area (Å²) in [6.07, 6.45) is 1.64. The lowest BCUT2D eigenvalue weighted by molar-refractivity contribution is 0.0938. The van der Waals surface area contributed by atoms with Crippen LogP contribution in [0.4, 0.5) is 0 Å². The number of benzene rings is 1. The molecule has 0 aliphatic carbocycles. The Morgan fingerprint density at radius 2 is 2.14 bits per heavy atom. The highest BCUT2D eigenvalue weighted by atomic mass is 16.5. The molecule has 1 unspecified atom stereocenters. The van der Waals surface area contributed by atoms with E-state index in [9.17, 15) is 4.79 Å². The molecule has 5 heteroatoms. The normalized spacial score (nSPS) is 12.2. The number of nitrogens with one attached hydrogen (secondary N) is 1. The molecule has 0 saturated carbocycles. The molecule has 2 aromatic rings. The second kappa shape index (κ2) is 7.66. The largest absolute Gasteiger partial charge is 0.494 e. The third-order valence-electron chi connectivity index (χ3n) is 3.36. The number of hydrogen-bond acceptors (Lipinski definition) is 4. The van der Waals surface area contributed by atoms with Crippen molar-refractivity contribution in [2.24, 2.45) is 0 Å². The van der Waals surface area contributed by atoms with Crippen LogP contribution in [0.5, 0.6) is 5.75 Å². The molecule has 0 radical (unpaired) electrons. The van der Waals surface area contributed by atoms with E-state index in [4.69, 9.17) is 9.15 Å². The summed E-state index contributed by atoms with van der Waals surface area (Å²) in [6.45, 7) is 2.96. The second-order valence-corrected chi connectivity index (χ2v) is 5.17. The monoisotopic (exact) mass is 302 g/mol. The summed E-state index contributed by atoms with van der Waals surface area (Å²) in [4.78, 5) is 14.3. The van der Waals surface area contributed by atoms with E-state index in [0.29, 0.717) is 24.5 Å². The Hall–Kier alpha value is -2.27. The van der Waals surface area contributed by atoms with Gasteiger partial charge in [-0.15, -0.1) is 0 Å². The number of amides is 1. The number of ether oxygens (including phenoxy) is 1. The van der Waals surface area contributed by atoms with Gasteiger partial charge >= 0.3 is 0 Å². The van der Waals surface area contributed by atoms with Gasteiger partial charge in [0, 0.05) is 12.1 Å². The van der Waals surface area contributed by atoms with E-state index in [1.54, 1.807) is 18.4 Å². The van der Waals surface area contributed by atoms with Crippen molar-refractivity contribution in [3.63, 3.8) is 0 Å². The molecule has 0 spiro atoms. The minimum absolute atomic E-state index is 0.00553. The fraction of sp³-hybridized carbons (Fsp3) is 0.353. The number of carbonyl (C=O) groups is 1. The highest BCUT2D eigenvalue weighted by Gasteiger charge is 2.18. The second-order valence-electron chi connectivity index (χ2n) is 5.17. The fourth-order valence-corrected chi connectivity index (χ4v) is 2.20. The van der Waals surface area contributed by atoms with Crippen molar-refractivity contribution in [2.75, 3.05) is 27.2 Å². The van der Waals surface area contributed by atoms with Crippen molar-refractivity contribution in [2.45, 2.75) is 13.0 Å². The number of rotatable bonds is 7. The first-order valence-electron chi connectivity index (χ1n) is 7.32. The molecule has 118 valence electrons. The van der Waals surface area contributed by atoms with Gasteiger partial charge in [-0.25, -0.2) is 0 Å². The lowest BCUT2D eigenvalue weighted by Crippen LogP contribution is -2.34. The fourth-order valence-electron chi connectivity index (χ4n) is 2.20. The van der Waals surface area contributed by atoms with E-state index >= 15 is 0 Å². The van der Waals surface area contributed by atoms with E-state index in [2.05, 4.69) is 5.32 Å². The molecule has 0 aliphatic rings. The Kier molecular flexibility index (Phi) is 5.61. The summed E-state index contributed by atoms with van der Waals surface area (Å²) in [5, 5.41) is 2.94. The van der Waals surface area contributed by atoms with Crippen molar-refractivity contribution in [1.29, 1.82) is 0 Å². The highest BCUT2D eigenvalue weighted by Crippen LogP contribution is 2.18. The van der Waals surface area contributed by atoms with E-state index < -0.39 is 0 Å². The summed E-state index contributed by atoms with van der Waals surface area (Å²) >= 11 is 0. The van der Waals surface area contributed by atoms with Crippen LogP contribution >= 0.6 is 0 Å². The smallest absolute Gasteiger partial charge is 0.251 e. The zero-order valence-corrected chi connectivity index (χ0v) is 13.2. The first-order chi connectivity index (χ1) is 10.6. The average molecular weight is 302 g/mol. The minimum Gasteiger partial charge on any atom is -0.494 e. The average Bonchev–Trinajstić information content (AvgIpc) is 3.01. The highest BCUT2D eigenvalue weighted by molar-refractivity contribution is 5.94. The van der Waals surface area contributed by atoms with Gasteiger partial charge in [-0.05, 0) is 51.4 Å². The predicted octanol–water partition coefficient (Wildman–Crippen LogP) is 2.71. The summed E-state index contributed by atoms with van der Waals surface area (Å²) in [5.74, 6) is 1.40. The van der Waals surface area contributed by atoms with Gasteiger partial charge in [-0.2, -0.15) is 0 Å². The molecule has 1 atom stereocenters. The molecule has 1 N–H and O–H groups in total. The molecule has 1 aromatic carbocycles. The topological polar surface area (TPSA) is 54.7 Å². The molecule has 0 fully saturated rings. The van der Waals surface area contributed by atoms with Crippen molar-refractivity contribution >= 4 is 5.91 Å². The van der Waals surface area contributed by atoms with Crippen molar-refractivity contribution in [3.8, 4) is 5.75 Å². The molecule has 0 saturated heterocycles. The van der Waals surface area contributed by atoms with Gasteiger partial charge < -0.3 is 14.5 Å². The molecule has 1 heterocycles. The zero-order valence-electron chi connectivity index (χ0n) is 13.2. The maximum Gasteiger partial charge on any atom is 0.251 e. The van der Waals surface area contributed by atoms with Crippen LogP contribution in [0.1, 0.15) is 29.1 Å². The quantitative estimate of drug-likeness (QED) is 0.854. The standard InChI is InChI=1S/C17H22N2O3/c1-4-21-14-8-5-7-13(11-14)17(20)18-12-15(19(2)3)16-9-6-10-22-16/h5-11,15H,4,12H2,1-3H3,(H,18,20). The Morgan fingerprint density at radius 3 is 2.77 bits per heavy atom. The van der Waals surface area contributed by atoms with E-state index in [1.165, 1.54) is 0 Å². The maximum absolute atomic E-state index is 12.3. The Morgan fingerprint density at radius 1 is 1.32 bits per heavy atom. The molecule has 0 bridgehead atoms.